The summed E-state index contributed by atoms with van der Waals surface area (Å²) in [6.07, 6.45) is 15.0. The molecule has 5 saturated carbocycles. The molecule has 10 unspecified atom stereocenters. The van der Waals surface area contributed by atoms with Crippen molar-refractivity contribution in [3.05, 3.63) is 0 Å². The number of rotatable bonds is 4. The molecule has 0 aliphatic heterocycles. The highest BCUT2D eigenvalue weighted by Crippen LogP contribution is 2.71. The number of aliphatic hydroxyl groups is 2. The topological polar surface area (TPSA) is 52.5 Å². The molecular weight excluding hydrogens is 370 g/mol. The summed E-state index contributed by atoms with van der Waals surface area (Å²) in [5.74, 6) is 5.03. The number of fused-ring (bicyclic) bond motifs is 7. The lowest BCUT2D eigenvalue weighted by Crippen LogP contribution is -2.62. The fourth-order valence-corrected chi connectivity index (χ4v) is 10.8. The van der Waals surface area contributed by atoms with Gasteiger partial charge in [0.05, 0.1) is 6.61 Å². The average Bonchev–Trinajstić information content (AvgIpc) is 3.18. The van der Waals surface area contributed by atoms with Gasteiger partial charge < -0.3 is 15.5 Å². The third kappa shape index (κ3) is 2.93. The Bertz CT molecular complexity index is 638. The van der Waals surface area contributed by atoms with Gasteiger partial charge >= 0.3 is 0 Å². The molecule has 0 aromatic rings. The maximum atomic E-state index is 10.3. The van der Waals surface area contributed by atoms with Crippen molar-refractivity contribution in [2.75, 3.05) is 19.8 Å². The highest BCUT2D eigenvalue weighted by atomic mass is 16.3. The van der Waals surface area contributed by atoms with Gasteiger partial charge in [0.15, 0.2) is 0 Å². The minimum absolute atomic E-state index is 0.255. The molecule has 3 heteroatoms. The zero-order valence-corrected chi connectivity index (χ0v) is 19.8. The van der Waals surface area contributed by atoms with Gasteiger partial charge in [0.2, 0.25) is 0 Å². The molecule has 0 spiro atoms. The van der Waals surface area contributed by atoms with Crippen LogP contribution in [-0.4, -0.2) is 36.0 Å². The monoisotopic (exact) mass is 417 g/mol. The summed E-state index contributed by atoms with van der Waals surface area (Å²) in [6.45, 7) is 9.33. The van der Waals surface area contributed by atoms with Gasteiger partial charge in [-0.1, -0.05) is 27.2 Å². The van der Waals surface area contributed by atoms with Gasteiger partial charge in [-0.2, -0.15) is 0 Å². The fraction of sp³-hybridized carbons (Fsp3) is 1.00. The van der Waals surface area contributed by atoms with Gasteiger partial charge in [-0.15, -0.1) is 0 Å². The van der Waals surface area contributed by atoms with E-state index in [1.807, 2.05) is 0 Å². The van der Waals surface area contributed by atoms with E-state index in [1.165, 1.54) is 70.6 Å². The highest BCUT2D eigenvalue weighted by molar-refractivity contribution is 5.13. The number of nitrogens with one attached hydrogen (secondary N) is 1. The van der Waals surface area contributed by atoms with E-state index < -0.39 is 0 Å². The van der Waals surface area contributed by atoms with Crippen molar-refractivity contribution in [2.24, 2.45) is 51.8 Å². The Labute approximate surface area is 184 Å². The van der Waals surface area contributed by atoms with Crippen LogP contribution in [0, 0.1) is 51.8 Å². The van der Waals surface area contributed by atoms with E-state index in [9.17, 15) is 10.2 Å². The third-order valence-electron chi connectivity index (χ3n) is 12.1. The second kappa shape index (κ2) is 7.73. The molecule has 0 amide bonds. The minimum Gasteiger partial charge on any atom is -0.396 e. The predicted molar refractivity (Wildman–Crippen MR) is 122 cm³/mol. The predicted octanol–water partition coefficient (Wildman–Crippen LogP) is 5.00. The molecule has 0 heterocycles. The van der Waals surface area contributed by atoms with Crippen molar-refractivity contribution in [1.29, 1.82) is 0 Å². The maximum absolute atomic E-state index is 10.3. The first-order valence-corrected chi connectivity index (χ1v) is 13.3. The van der Waals surface area contributed by atoms with Gasteiger partial charge in [-0.25, -0.2) is 0 Å². The summed E-state index contributed by atoms with van der Waals surface area (Å²) in [7, 11) is 0. The van der Waals surface area contributed by atoms with Crippen LogP contribution in [0.2, 0.25) is 0 Å². The van der Waals surface area contributed by atoms with Crippen LogP contribution in [0.25, 0.3) is 0 Å². The SMILES string of the molecule is CC1C(NCCO)CCC2(C)C1CCC1(C)C3CCC4(CO)CCCC4C3CCC21. The molecule has 5 fully saturated rings. The molecule has 10 atom stereocenters. The Hall–Kier alpha value is -0.120. The van der Waals surface area contributed by atoms with Crippen LogP contribution in [0.3, 0.4) is 0 Å². The Morgan fingerprint density at radius 1 is 0.800 bits per heavy atom. The normalized spacial score (nSPS) is 55.3. The first-order valence-electron chi connectivity index (χ1n) is 13.3. The molecule has 3 N–H and O–H groups in total. The van der Waals surface area contributed by atoms with Gasteiger partial charge in [0.1, 0.15) is 0 Å². The van der Waals surface area contributed by atoms with E-state index in [4.69, 9.17) is 0 Å². The summed E-state index contributed by atoms with van der Waals surface area (Å²) < 4.78 is 0. The number of aliphatic hydroxyl groups excluding tert-OH is 2. The molecule has 0 radical (unpaired) electrons. The minimum atomic E-state index is 0.255. The maximum Gasteiger partial charge on any atom is 0.0556 e. The lowest BCUT2D eigenvalue weighted by Gasteiger charge is -2.68. The van der Waals surface area contributed by atoms with Crippen LogP contribution < -0.4 is 5.32 Å². The summed E-state index contributed by atoms with van der Waals surface area (Å²) >= 11 is 0. The highest BCUT2D eigenvalue weighted by Gasteiger charge is 2.64. The summed E-state index contributed by atoms with van der Waals surface area (Å²) in [4.78, 5) is 0. The van der Waals surface area contributed by atoms with Gasteiger partial charge in [-0.05, 0) is 116 Å². The van der Waals surface area contributed by atoms with E-state index in [0.29, 0.717) is 23.5 Å². The van der Waals surface area contributed by atoms with Gasteiger partial charge in [-0.3, -0.25) is 0 Å². The molecule has 172 valence electrons. The first kappa shape index (κ1) is 21.7. The van der Waals surface area contributed by atoms with Crippen molar-refractivity contribution in [3.8, 4) is 0 Å². The van der Waals surface area contributed by atoms with Crippen molar-refractivity contribution < 1.29 is 10.2 Å². The van der Waals surface area contributed by atoms with E-state index in [1.54, 1.807) is 0 Å². The van der Waals surface area contributed by atoms with Crippen molar-refractivity contribution in [1.82, 2.24) is 5.32 Å². The Kier molecular flexibility index (Phi) is 5.60. The molecule has 0 saturated heterocycles. The molecular formula is C27H47NO2. The lowest BCUT2D eigenvalue weighted by molar-refractivity contribution is -0.188. The summed E-state index contributed by atoms with van der Waals surface area (Å²) in [5, 5.41) is 23.3. The zero-order chi connectivity index (χ0) is 21.1. The smallest absolute Gasteiger partial charge is 0.0556 e. The Morgan fingerprint density at radius 3 is 2.30 bits per heavy atom. The Morgan fingerprint density at radius 2 is 1.53 bits per heavy atom. The molecule has 0 aromatic heterocycles. The van der Waals surface area contributed by atoms with Crippen LogP contribution in [0.15, 0.2) is 0 Å². The first-order chi connectivity index (χ1) is 14.4. The molecule has 0 aromatic carbocycles. The molecule has 5 aliphatic rings. The van der Waals surface area contributed by atoms with E-state index in [2.05, 4.69) is 26.1 Å². The molecule has 30 heavy (non-hydrogen) atoms. The molecule has 0 bridgehead atoms. The summed E-state index contributed by atoms with van der Waals surface area (Å²) in [6, 6.07) is 0.592. The van der Waals surface area contributed by atoms with E-state index in [0.717, 1.165) is 42.1 Å². The fourth-order valence-electron chi connectivity index (χ4n) is 10.8. The average molecular weight is 418 g/mol. The van der Waals surface area contributed by atoms with Crippen LogP contribution >= 0.6 is 0 Å². The molecule has 3 nitrogen and oxygen atoms in total. The van der Waals surface area contributed by atoms with Crippen LogP contribution in [-0.2, 0) is 0 Å². The van der Waals surface area contributed by atoms with Crippen molar-refractivity contribution in [2.45, 2.75) is 97.4 Å². The second-order valence-corrected chi connectivity index (χ2v) is 12.8. The third-order valence-corrected chi connectivity index (χ3v) is 12.1. The zero-order valence-electron chi connectivity index (χ0n) is 19.8. The van der Waals surface area contributed by atoms with Crippen molar-refractivity contribution >= 4 is 0 Å². The van der Waals surface area contributed by atoms with E-state index in [-0.39, 0.29) is 12.0 Å². The van der Waals surface area contributed by atoms with Crippen LogP contribution in [0.5, 0.6) is 0 Å². The lowest BCUT2D eigenvalue weighted by atomic mass is 9.37. The molecule has 5 rings (SSSR count). The number of hydrogen-bond acceptors (Lipinski definition) is 3. The van der Waals surface area contributed by atoms with Crippen molar-refractivity contribution in [3.63, 3.8) is 0 Å². The van der Waals surface area contributed by atoms with Gasteiger partial charge in [0.25, 0.3) is 0 Å². The standard InChI is InChI=1S/C27H47NO2/c1-18-20-8-12-26(3)21-9-14-27(17-30)11-4-5-22(27)19(21)6-7-24(26)25(20,2)13-10-23(18)28-15-16-29/h18-24,28-30H,4-17H2,1-3H3. The Balaban J connectivity index is 1.39. The second-order valence-electron chi connectivity index (χ2n) is 12.8. The van der Waals surface area contributed by atoms with Crippen LogP contribution in [0.1, 0.15) is 91.4 Å². The largest absolute Gasteiger partial charge is 0.396 e. The van der Waals surface area contributed by atoms with E-state index >= 15 is 0 Å². The van der Waals surface area contributed by atoms with Gasteiger partial charge in [0, 0.05) is 19.2 Å². The summed E-state index contributed by atoms with van der Waals surface area (Å²) in [5.41, 5.74) is 1.30. The quantitative estimate of drug-likeness (QED) is 0.603. The van der Waals surface area contributed by atoms with Crippen LogP contribution in [0.4, 0.5) is 0 Å². The number of hydrogen-bond donors (Lipinski definition) is 3. The molecule has 5 aliphatic carbocycles.